The van der Waals surface area contributed by atoms with Crippen molar-refractivity contribution in [3.8, 4) is 0 Å². The maximum atomic E-state index is 14.3. The van der Waals surface area contributed by atoms with Crippen molar-refractivity contribution in [2.45, 2.75) is 149 Å². The number of nitrogens with one attached hydrogen (secondary N) is 3. The van der Waals surface area contributed by atoms with Gasteiger partial charge in [-0.05, 0) is 69.9 Å². The Hall–Kier alpha value is -4.45. The van der Waals surface area contributed by atoms with Crippen LogP contribution in [-0.4, -0.2) is 141 Å². The monoisotopic (exact) mass is 892 g/mol. The van der Waals surface area contributed by atoms with Crippen LogP contribution in [0.4, 0.5) is 4.79 Å². The molecule has 62 heavy (non-hydrogen) atoms. The van der Waals surface area contributed by atoms with E-state index in [0.29, 0.717) is 31.4 Å². The van der Waals surface area contributed by atoms with Gasteiger partial charge in [-0.15, -0.1) is 0 Å². The molecule has 0 bridgehead atoms. The predicted octanol–water partition coefficient (Wildman–Crippen LogP) is 4.63. The summed E-state index contributed by atoms with van der Waals surface area (Å²) in [6.07, 6.45) is 0.275. The minimum absolute atomic E-state index is 0.00186. The summed E-state index contributed by atoms with van der Waals surface area (Å²) in [4.78, 5) is 77.1. The predicted molar refractivity (Wildman–Crippen MR) is 238 cm³/mol. The fraction of sp³-hybridized carbons (Fsp3) is 0.744. The number of benzene rings is 1. The van der Waals surface area contributed by atoms with Crippen molar-refractivity contribution in [2.75, 3.05) is 40.1 Å². The summed E-state index contributed by atoms with van der Waals surface area (Å²) in [5.74, 6) is -3.70. The molecular formula is C43H73N9O9S. The van der Waals surface area contributed by atoms with Crippen molar-refractivity contribution in [3.63, 3.8) is 0 Å². The van der Waals surface area contributed by atoms with Gasteiger partial charge in [0.2, 0.25) is 27.7 Å². The van der Waals surface area contributed by atoms with Crippen LogP contribution in [0.1, 0.15) is 100.0 Å². The summed E-state index contributed by atoms with van der Waals surface area (Å²) in [5, 5.41) is 9.05. The van der Waals surface area contributed by atoms with Gasteiger partial charge in [-0.25, -0.2) is 13.2 Å². The van der Waals surface area contributed by atoms with Crippen LogP contribution < -0.4 is 15.4 Å². The third kappa shape index (κ3) is 15.4. The van der Waals surface area contributed by atoms with Crippen LogP contribution >= 0.6 is 0 Å². The summed E-state index contributed by atoms with van der Waals surface area (Å²) in [7, 11) is 0.537. The van der Waals surface area contributed by atoms with Crippen molar-refractivity contribution in [1.29, 1.82) is 0 Å². The Morgan fingerprint density at radius 2 is 1.58 bits per heavy atom. The Balaban J connectivity index is 2.33. The van der Waals surface area contributed by atoms with E-state index < -0.39 is 69.9 Å². The lowest BCUT2D eigenvalue weighted by molar-refractivity contribution is -0.147. The normalized spacial score (nSPS) is 17.6. The van der Waals surface area contributed by atoms with Crippen molar-refractivity contribution in [2.24, 2.45) is 22.9 Å². The molecule has 3 N–H and O–H groups in total. The first kappa shape index (κ1) is 53.7. The molecule has 2 rings (SSSR count). The molecular weight excluding hydrogens is 819 g/mol. The van der Waals surface area contributed by atoms with E-state index in [9.17, 15) is 32.4 Å². The molecule has 0 unspecified atom stereocenters. The average Bonchev–Trinajstić information content (AvgIpc) is 3.70. The fourth-order valence-electron chi connectivity index (χ4n) is 8.32. The van der Waals surface area contributed by atoms with Crippen LogP contribution in [0.3, 0.4) is 0 Å². The average molecular weight is 892 g/mol. The number of methoxy groups -OCH3 is 2. The van der Waals surface area contributed by atoms with Crippen LogP contribution in [0.2, 0.25) is 0 Å². The molecule has 1 fully saturated rings. The molecule has 0 aliphatic carbocycles. The number of sulfonamides is 1. The van der Waals surface area contributed by atoms with Crippen LogP contribution in [0.15, 0.2) is 35.4 Å². The molecule has 0 spiro atoms. The lowest BCUT2D eigenvalue weighted by Crippen LogP contribution is -2.60. The number of amides is 6. The molecule has 0 saturated carbocycles. The number of azide groups is 1. The highest BCUT2D eigenvalue weighted by atomic mass is 32.2. The highest BCUT2D eigenvalue weighted by molar-refractivity contribution is 7.90. The van der Waals surface area contributed by atoms with Crippen LogP contribution in [0, 0.1) is 17.8 Å². The van der Waals surface area contributed by atoms with Gasteiger partial charge in [0.05, 0.1) is 42.4 Å². The topological polar surface area (TPSA) is 233 Å². The molecule has 1 aliphatic heterocycles. The summed E-state index contributed by atoms with van der Waals surface area (Å²) >= 11 is 0. The Morgan fingerprint density at radius 3 is 2.11 bits per heavy atom. The lowest BCUT2D eigenvalue weighted by Gasteiger charge is -2.41. The molecule has 0 aromatic heterocycles. The Kier molecular flexibility index (Phi) is 22.2. The van der Waals surface area contributed by atoms with E-state index in [1.807, 2.05) is 55.4 Å². The summed E-state index contributed by atoms with van der Waals surface area (Å²) in [5.41, 5.74) is 9.18. The molecule has 6 amide bonds. The van der Waals surface area contributed by atoms with Crippen molar-refractivity contribution < 1.29 is 41.9 Å². The maximum Gasteiger partial charge on any atom is 0.318 e. The zero-order chi connectivity index (χ0) is 46.9. The smallest absolute Gasteiger partial charge is 0.318 e. The maximum absolute atomic E-state index is 14.3. The molecule has 19 heteroatoms. The number of likely N-dealkylation sites (tertiary alicyclic amines) is 1. The fourth-order valence-corrected chi connectivity index (χ4v) is 9.38. The van der Waals surface area contributed by atoms with E-state index >= 15 is 0 Å². The molecule has 1 heterocycles. The second-order valence-electron chi connectivity index (χ2n) is 17.2. The molecule has 1 saturated heterocycles. The first-order chi connectivity index (χ1) is 29.2. The van der Waals surface area contributed by atoms with E-state index in [-0.39, 0.29) is 67.6 Å². The zero-order valence-corrected chi connectivity index (χ0v) is 39.7. The largest absolute Gasteiger partial charge is 0.379 e. The van der Waals surface area contributed by atoms with Gasteiger partial charge in [-0.3, -0.25) is 23.9 Å². The SMILES string of the molecule is CC[C@H](C)[C@@H]([C@H](CC(=O)N1CCC[C@H]1[C@H](OC)[C@@H](C)C(=O)N[C@@H](Cc1ccccc1)C(=O)NS(=O)(=O)CCCN=[N+]=[N-])OC)N(C)C(=O)[C@@H](NC(=O)N(C(C)C)C(C)C)C(C)C. The van der Waals surface area contributed by atoms with Gasteiger partial charge in [0.15, 0.2) is 0 Å². The number of hydrogen-bond acceptors (Lipinski definition) is 10. The molecule has 1 aromatic carbocycles. The first-order valence-corrected chi connectivity index (χ1v) is 23.4. The van der Waals surface area contributed by atoms with Gasteiger partial charge < -0.3 is 34.8 Å². The highest BCUT2D eigenvalue weighted by Gasteiger charge is 2.43. The zero-order valence-electron chi connectivity index (χ0n) is 38.9. The second-order valence-corrected chi connectivity index (χ2v) is 19.0. The summed E-state index contributed by atoms with van der Waals surface area (Å²) < 4.78 is 39.5. The Labute approximate surface area is 369 Å². The summed E-state index contributed by atoms with van der Waals surface area (Å²) in [6.45, 7) is 17.4. The van der Waals surface area contributed by atoms with Gasteiger partial charge in [-0.2, -0.15) is 0 Å². The minimum atomic E-state index is -4.12. The minimum Gasteiger partial charge on any atom is -0.379 e. The molecule has 8 atom stereocenters. The summed E-state index contributed by atoms with van der Waals surface area (Å²) in [6, 6.07) is 5.18. The van der Waals surface area contributed by atoms with E-state index in [1.54, 1.807) is 59.0 Å². The third-order valence-corrected chi connectivity index (χ3v) is 13.1. The number of carbonyl (C=O) groups excluding carboxylic acids is 5. The Bertz CT molecular complexity index is 1770. The van der Waals surface area contributed by atoms with Gasteiger partial charge in [-0.1, -0.05) is 76.5 Å². The molecule has 1 aromatic rings. The lowest BCUT2D eigenvalue weighted by atomic mass is 9.89. The van der Waals surface area contributed by atoms with Gasteiger partial charge in [0.25, 0.3) is 5.91 Å². The molecule has 0 radical (unpaired) electrons. The standard InChI is InChI=1S/C43H73N9O9S/c1-13-30(8)38(50(10)42(56)37(27(2)3)47-43(57)52(28(4)5)29(6)7)35(60-11)26-36(53)51-23-17-21-34(51)39(61-12)31(9)40(54)46-33(25-32-19-15-14-16-20-32)41(55)48-62(58,59)24-18-22-45-49-44/h14-16,19-20,27-31,33-35,37-39H,13,17-18,21-26H2,1-12H3,(H,46,54)(H,47,57)(H,48,55)/t30-,31+,33-,34-,35-,37-,38-,39+/m0/s1. The van der Waals surface area contributed by atoms with E-state index in [1.165, 1.54) is 14.2 Å². The number of ether oxygens (including phenoxy) is 2. The molecule has 18 nitrogen and oxygen atoms in total. The van der Waals surface area contributed by atoms with Gasteiger partial charge in [0.1, 0.15) is 12.1 Å². The first-order valence-electron chi connectivity index (χ1n) is 21.8. The number of rotatable bonds is 25. The number of hydrogen-bond donors (Lipinski definition) is 3. The van der Waals surface area contributed by atoms with E-state index in [2.05, 4.69) is 25.4 Å². The van der Waals surface area contributed by atoms with E-state index in [4.69, 9.17) is 15.0 Å². The van der Waals surface area contributed by atoms with Crippen molar-refractivity contribution >= 4 is 39.7 Å². The van der Waals surface area contributed by atoms with Gasteiger partial charge >= 0.3 is 6.03 Å². The third-order valence-electron chi connectivity index (χ3n) is 11.7. The van der Waals surface area contributed by atoms with Crippen LogP contribution in [0.25, 0.3) is 10.4 Å². The van der Waals surface area contributed by atoms with Crippen LogP contribution in [0.5, 0.6) is 0 Å². The number of nitrogens with zero attached hydrogens (tertiary/aromatic N) is 6. The van der Waals surface area contributed by atoms with Crippen molar-refractivity contribution in [1.82, 2.24) is 30.1 Å². The number of urea groups is 1. The number of carbonyl (C=O) groups is 5. The second kappa shape index (κ2) is 25.6. The van der Waals surface area contributed by atoms with E-state index in [0.717, 1.165) is 0 Å². The molecule has 350 valence electrons. The molecule has 1 aliphatic rings. The van der Waals surface area contributed by atoms with Crippen LogP contribution in [-0.2, 0) is 45.1 Å². The Morgan fingerprint density at radius 1 is 0.952 bits per heavy atom. The highest BCUT2D eigenvalue weighted by Crippen LogP contribution is 2.30. The quantitative estimate of drug-likeness (QED) is 0.0537. The van der Waals surface area contributed by atoms with Gasteiger partial charge in [0, 0.05) is 57.8 Å². The number of likely N-dealkylation sites (N-methyl/N-ethyl adjacent to an activating group) is 1. The van der Waals surface area contributed by atoms with Crippen molar-refractivity contribution in [3.05, 3.63) is 46.3 Å².